The summed E-state index contributed by atoms with van der Waals surface area (Å²) in [5.41, 5.74) is 0.766. The van der Waals surface area contributed by atoms with Crippen LogP contribution in [0, 0.1) is 23.2 Å². The maximum atomic E-state index is 12.9. The third-order valence-electron chi connectivity index (χ3n) is 6.86. The van der Waals surface area contributed by atoms with E-state index in [1.54, 1.807) is 0 Å². The monoisotopic (exact) mass is 410 g/mol. The highest BCUT2D eigenvalue weighted by atomic mass is 32.1. The standard InChI is InChI=1S/C22H26N4O2S/c27-18(24-21-25-19(26-29-21)17-4-2-1-3-5-17)6-7-23-20(28)22-11-14-8-15(12-22)10-16(9-14)13-22/h1-5,14-16H,6-13H2,(H,23,28)(H,24,25,26,27). The molecule has 4 fully saturated rings. The van der Waals surface area contributed by atoms with Crippen molar-refractivity contribution in [2.24, 2.45) is 23.2 Å². The van der Waals surface area contributed by atoms with Crippen molar-refractivity contribution < 1.29 is 9.59 Å². The first-order valence-electron chi connectivity index (χ1n) is 10.6. The van der Waals surface area contributed by atoms with Gasteiger partial charge in [-0.1, -0.05) is 30.3 Å². The second-order valence-electron chi connectivity index (χ2n) is 9.04. The molecular weight excluding hydrogens is 384 g/mol. The minimum atomic E-state index is -0.158. The second kappa shape index (κ2) is 7.52. The van der Waals surface area contributed by atoms with E-state index in [1.165, 1.54) is 30.8 Å². The molecule has 2 N–H and O–H groups in total. The number of hydrogen-bond donors (Lipinski definition) is 2. The van der Waals surface area contributed by atoms with E-state index in [9.17, 15) is 9.59 Å². The van der Waals surface area contributed by atoms with Gasteiger partial charge in [-0.25, -0.2) is 0 Å². The van der Waals surface area contributed by atoms with Crippen LogP contribution in [0.3, 0.4) is 0 Å². The van der Waals surface area contributed by atoms with Gasteiger partial charge in [0, 0.05) is 35.5 Å². The fourth-order valence-corrected chi connectivity index (χ4v) is 6.63. The van der Waals surface area contributed by atoms with E-state index in [1.807, 2.05) is 30.3 Å². The van der Waals surface area contributed by atoms with Gasteiger partial charge in [0.25, 0.3) is 0 Å². The molecule has 1 heterocycles. The zero-order valence-corrected chi connectivity index (χ0v) is 17.2. The minimum absolute atomic E-state index is 0.147. The summed E-state index contributed by atoms with van der Waals surface area (Å²) in [4.78, 5) is 29.6. The van der Waals surface area contributed by atoms with Crippen LogP contribution in [0.25, 0.3) is 11.4 Å². The highest BCUT2D eigenvalue weighted by Crippen LogP contribution is 2.60. The van der Waals surface area contributed by atoms with Gasteiger partial charge in [0.1, 0.15) is 0 Å². The molecule has 4 bridgehead atoms. The zero-order valence-electron chi connectivity index (χ0n) is 16.4. The molecule has 0 spiro atoms. The van der Waals surface area contributed by atoms with E-state index in [0.29, 0.717) is 17.5 Å². The van der Waals surface area contributed by atoms with Gasteiger partial charge in [0.15, 0.2) is 5.82 Å². The maximum absolute atomic E-state index is 12.9. The van der Waals surface area contributed by atoms with Gasteiger partial charge < -0.3 is 10.6 Å². The van der Waals surface area contributed by atoms with Gasteiger partial charge in [-0.05, 0) is 56.3 Å². The van der Waals surface area contributed by atoms with Gasteiger partial charge in [0.05, 0.1) is 0 Å². The molecule has 152 valence electrons. The number of amides is 2. The molecule has 1 aromatic heterocycles. The van der Waals surface area contributed by atoms with E-state index in [-0.39, 0.29) is 23.7 Å². The number of hydrogen-bond acceptors (Lipinski definition) is 5. The predicted molar refractivity (Wildman–Crippen MR) is 112 cm³/mol. The van der Waals surface area contributed by atoms with Crippen LogP contribution < -0.4 is 10.6 Å². The van der Waals surface area contributed by atoms with Crippen LogP contribution in [-0.4, -0.2) is 27.7 Å². The summed E-state index contributed by atoms with van der Waals surface area (Å²) in [7, 11) is 0. The lowest BCUT2D eigenvalue weighted by Gasteiger charge is -2.55. The molecule has 0 radical (unpaired) electrons. The Morgan fingerprint density at radius 2 is 1.69 bits per heavy atom. The lowest BCUT2D eigenvalue weighted by Crippen LogP contribution is -2.53. The normalized spacial score (nSPS) is 29.6. The van der Waals surface area contributed by atoms with Crippen LogP contribution in [-0.2, 0) is 9.59 Å². The Kier molecular flexibility index (Phi) is 4.86. The summed E-state index contributed by atoms with van der Waals surface area (Å²) in [6, 6.07) is 9.68. The van der Waals surface area contributed by atoms with Crippen molar-refractivity contribution in [1.29, 1.82) is 0 Å². The average molecular weight is 411 g/mol. The molecule has 0 aliphatic heterocycles. The number of carbonyl (C=O) groups is 2. The third kappa shape index (κ3) is 3.80. The zero-order chi connectivity index (χ0) is 19.8. The van der Waals surface area contributed by atoms with Crippen molar-refractivity contribution in [3.63, 3.8) is 0 Å². The lowest BCUT2D eigenvalue weighted by molar-refractivity contribution is -0.146. The Bertz CT molecular complexity index is 875. The van der Waals surface area contributed by atoms with Crippen LogP contribution in [0.4, 0.5) is 5.13 Å². The van der Waals surface area contributed by atoms with Crippen molar-refractivity contribution in [2.75, 3.05) is 11.9 Å². The van der Waals surface area contributed by atoms with Crippen molar-refractivity contribution in [1.82, 2.24) is 14.7 Å². The molecule has 1 aromatic carbocycles. The lowest BCUT2D eigenvalue weighted by atomic mass is 9.49. The van der Waals surface area contributed by atoms with Crippen LogP contribution in [0.15, 0.2) is 30.3 Å². The van der Waals surface area contributed by atoms with Crippen LogP contribution >= 0.6 is 11.5 Å². The Morgan fingerprint density at radius 3 is 2.34 bits per heavy atom. The molecule has 0 atom stereocenters. The Balaban J connectivity index is 1.11. The van der Waals surface area contributed by atoms with E-state index >= 15 is 0 Å². The van der Waals surface area contributed by atoms with E-state index < -0.39 is 0 Å². The Morgan fingerprint density at radius 1 is 1.03 bits per heavy atom. The SMILES string of the molecule is O=C(CCNC(=O)C12CC3CC(CC(C3)C1)C2)Nc1nc(-c2ccccc2)ns1. The van der Waals surface area contributed by atoms with Crippen molar-refractivity contribution in [3.8, 4) is 11.4 Å². The number of rotatable bonds is 6. The molecule has 2 aromatic rings. The first-order valence-corrected chi connectivity index (χ1v) is 11.3. The summed E-state index contributed by atoms with van der Waals surface area (Å²) >= 11 is 1.17. The molecule has 6 rings (SSSR count). The Labute approximate surface area is 174 Å². The van der Waals surface area contributed by atoms with Gasteiger partial charge in [-0.3, -0.25) is 9.59 Å². The van der Waals surface area contributed by atoms with Crippen LogP contribution in [0.1, 0.15) is 44.9 Å². The molecule has 7 heteroatoms. The number of anilines is 1. The quantitative estimate of drug-likeness (QED) is 0.757. The largest absolute Gasteiger partial charge is 0.355 e. The number of carbonyl (C=O) groups excluding carboxylic acids is 2. The summed E-state index contributed by atoms with van der Waals surface area (Å²) in [5, 5.41) is 6.34. The highest BCUT2D eigenvalue weighted by Gasteiger charge is 2.54. The van der Waals surface area contributed by atoms with E-state index in [2.05, 4.69) is 20.0 Å². The molecule has 0 unspecified atom stereocenters. The summed E-state index contributed by atoms with van der Waals surface area (Å²) < 4.78 is 4.30. The predicted octanol–water partition coefficient (Wildman–Crippen LogP) is 3.87. The average Bonchev–Trinajstić information content (AvgIpc) is 3.16. The van der Waals surface area contributed by atoms with Crippen molar-refractivity contribution in [3.05, 3.63) is 30.3 Å². The number of benzene rings is 1. The molecule has 4 aliphatic carbocycles. The van der Waals surface area contributed by atoms with Crippen molar-refractivity contribution >= 4 is 28.5 Å². The van der Waals surface area contributed by atoms with Crippen molar-refractivity contribution in [2.45, 2.75) is 44.9 Å². The topological polar surface area (TPSA) is 84.0 Å². The second-order valence-corrected chi connectivity index (χ2v) is 9.79. The van der Waals surface area contributed by atoms with Gasteiger partial charge in [-0.15, -0.1) is 0 Å². The molecule has 4 saturated carbocycles. The maximum Gasteiger partial charge on any atom is 0.227 e. The molecule has 6 nitrogen and oxygen atoms in total. The number of nitrogens with zero attached hydrogens (tertiary/aromatic N) is 2. The third-order valence-corrected chi connectivity index (χ3v) is 7.49. The number of nitrogens with one attached hydrogen (secondary N) is 2. The summed E-state index contributed by atoms with van der Waals surface area (Å²) in [6.07, 6.45) is 7.35. The highest BCUT2D eigenvalue weighted by molar-refractivity contribution is 7.10. The summed E-state index contributed by atoms with van der Waals surface area (Å²) in [6.45, 7) is 0.372. The Hall–Kier alpha value is -2.28. The van der Waals surface area contributed by atoms with Gasteiger partial charge in [0.2, 0.25) is 16.9 Å². The molecule has 0 saturated heterocycles. The molecule has 4 aliphatic rings. The summed E-state index contributed by atoms with van der Waals surface area (Å²) in [5.74, 6) is 2.86. The molecular formula is C22H26N4O2S. The minimum Gasteiger partial charge on any atom is -0.355 e. The van der Waals surface area contributed by atoms with Crippen LogP contribution in [0.5, 0.6) is 0 Å². The van der Waals surface area contributed by atoms with E-state index in [4.69, 9.17) is 0 Å². The first kappa shape index (κ1) is 18.7. The fraction of sp³-hybridized carbons (Fsp3) is 0.545. The fourth-order valence-electron chi connectivity index (χ4n) is 6.03. The van der Waals surface area contributed by atoms with E-state index in [0.717, 1.165) is 42.6 Å². The first-order chi connectivity index (χ1) is 14.1. The smallest absolute Gasteiger partial charge is 0.227 e. The number of aromatic nitrogens is 2. The van der Waals surface area contributed by atoms with Gasteiger partial charge in [-0.2, -0.15) is 9.36 Å². The molecule has 2 amide bonds. The molecule has 29 heavy (non-hydrogen) atoms. The van der Waals surface area contributed by atoms with Gasteiger partial charge >= 0.3 is 0 Å². The van der Waals surface area contributed by atoms with Crippen LogP contribution in [0.2, 0.25) is 0 Å².